The van der Waals surface area contributed by atoms with Crippen LogP contribution in [0.3, 0.4) is 0 Å². The average Bonchev–Trinajstić information content (AvgIpc) is 2.36. The maximum atomic E-state index is 4.08. The zero-order valence-electron chi connectivity index (χ0n) is 13.0. The Labute approximate surface area is 120 Å². The molecular weight excluding hydrogens is 244 g/mol. The lowest BCUT2D eigenvalue weighted by atomic mass is 10.0. The van der Waals surface area contributed by atoms with Gasteiger partial charge >= 0.3 is 0 Å². The minimum absolute atomic E-state index is 1.07. The summed E-state index contributed by atoms with van der Waals surface area (Å²) < 4.78 is 0. The number of allylic oxidation sites excluding steroid dienone is 2. The first-order chi connectivity index (χ1) is 8.95. The van der Waals surface area contributed by atoms with Gasteiger partial charge in [-0.2, -0.15) is 0 Å². The quantitative estimate of drug-likeness (QED) is 0.471. The van der Waals surface area contributed by atoms with Crippen LogP contribution >= 0.6 is 0 Å². The topological polar surface area (TPSA) is 0 Å². The van der Waals surface area contributed by atoms with Crippen molar-refractivity contribution in [3.05, 3.63) is 53.8 Å². The second-order valence-electron chi connectivity index (χ2n) is 6.13. The molecule has 0 nitrogen and oxygen atoms in total. The Bertz CT molecular complexity index is 426. The van der Waals surface area contributed by atoms with Crippen LogP contribution in [0.5, 0.6) is 0 Å². The molecule has 1 rings (SSSR count). The van der Waals surface area contributed by atoms with Crippen LogP contribution in [0.15, 0.2) is 53.8 Å². The number of rotatable bonds is 7. The van der Waals surface area contributed by atoms with Crippen molar-refractivity contribution in [1.29, 1.82) is 0 Å². The minimum Gasteiger partial charge on any atom is -0.0998 e. The summed E-state index contributed by atoms with van der Waals surface area (Å²) in [5.41, 5.74) is 5.46. The SMILES string of the molecule is C=C(C)C/C(=C\[Si](C)(C)c1ccccc1)CCCC. The number of hydrogen-bond acceptors (Lipinski definition) is 0. The number of hydrogen-bond donors (Lipinski definition) is 0. The molecule has 0 fully saturated rings. The molecule has 0 unspecified atom stereocenters. The van der Waals surface area contributed by atoms with E-state index < -0.39 is 8.07 Å². The van der Waals surface area contributed by atoms with Gasteiger partial charge < -0.3 is 0 Å². The van der Waals surface area contributed by atoms with Crippen LogP contribution in [0.1, 0.15) is 39.5 Å². The standard InChI is InChI=1S/C18H28Si/c1-6-7-11-17(14-16(2)3)15-19(4,5)18-12-9-8-10-13-18/h8-10,12-13,15H,2,6-7,11,14H2,1,3-5H3/b17-15-. The van der Waals surface area contributed by atoms with Crippen molar-refractivity contribution in [1.82, 2.24) is 0 Å². The van der Waals surface area contributed by atoms with Gasteiger partial charge in [0, 0.05) is 0 Å². The first-order valence-electron chi connectivity index (χ1n) is 7.36. The van der Waals surface area contributed by atoms with Crippen molar-refractivity contribution in [3.8, 4) is 0 Å². The second kappa shape index (κ2) is 7.49. The Morgan fingerprint density at radius 2 is 1.84 bits per heavy atom. The maximum Gasteiger partial charge on any atom is 0.104 e. The van der Waals surface area contributed by atoms with Crippen LogP contribution in [0.4, 0.5) is 0 Å². The van der Waals surface area contributed by atoms with Crippen LogP contribution in [0.25, 0.3) is 0 Å². The largest absolute Gasteiger partial charge is 0.104 e. The van der Waals surface area contributed by atoms with E-state index in [2.05, 4.69) is 69.6 Å². The van der Waals surface area contributed by atoms with Gasteiger partial charge in [0.05, 0.1) is 0 Å². The molecular formula is C18H28Si. The molecule has 1 heteroatoms. The summed E-state index contributed by atoms with van der Waals surface area (Å²) in [6.07, 6.45) is 4.86. The van der Waals surface area contributed by atoms with Gasteiger partial charge in [0.25, 0.3) is 0 Å². The van der Waals surface area contributed by atoms with Gasteiger partial charge in [-0.25, -0.2) is 0 Å². The third-order valence-corrected chi connectivity index (χ3v) is 6.41. The molecule has 0 saturated heterocycles. The predicted octanol–water partition coefficient (Wildman–Crippen LogP) is 5.22. The summed E-state index contributed by atoms with van der Waals surface area (Å²) in [6.45, 7) is 13.4. The summed E-state index contributed by atoms with van der Waals surface area (Å²) in [5.74, 6) is 0. The first-order valence-corrected chi connectivity index (χ1v) is 10.4. The summed E-state index contributed by atoms with van der Waals surface area (Å²) >= 11 is 0. The zero-order chi connectivity index (χ0) is 14.3. The van der Waals surface area contributed by atoms with Gasteiger partial charge in [0.15, 0.2) is 0 Å². The summed E-state index contributed by atoms with van der Waals surface area (Å²) in [6, 6.07) is 11.0. The van der Waals surface area contributed by atoms with E-state index in [9.17, 15) is 0 Å². The van der Waals surface area contributed by atoms with Gasteiger partial charge in [0.2, 0.25) is 0 Å². The highest BCUT2D eigenvalue weighted by atomic mass is 28.3. The molecule has 0 aliphatic rings. The Balaban J connectivity index is 2.94. The van der Waals surface area contributed by atoms with Crippen molar-refractivity contribution in [2.75, 3.05) is 0 Å². The average molecular weight is 273 g/mol. The fourth-order valence-electron chi connectivity index (χ4n) is 2.46. The molecule has 0 aliphatic heterocycles. The summed E-state index contributed by atoms with van der Waals surface area (Å²) in [4.78, 5) is 0. The highest BCUT2D eigenvalue weighted by Gasteiger charge is 2.20. The fraction of sp³-hybridized carbons (Fsp3) is 0.444. The van der Waals surface area contributed by atoms with Gasteiger partial charge in [-0.1, -0.05) is 85.4 Å². The van der Waals surface area contributed by atoms with E-state index in [1.165, 1.54) is 30.0 Å². The Morgan fingerprint density at radius 3 is 2.37 bits per heavy atom. The van der Waals surface area contributed by atoms with Crippen molar-refractivity contribution in [2.45, 2.75) is 52.6 Å². The van der Waals surface area contributed by atoms with E-state index in [0.29, 0.717) is 0 Å². The normalized spacial score (nSPS) is 12.5. The summed E-state index contributed by atoms with van der Waals surface area (Å²) in [5, 5.41) is 1.52. The highest BCUT2D eigenvalue weighted by Crippen LogP contribution is 2.19. The molecule has 0 N–H and O–H groups in total. The Hall–Kier alpha value is -1.08. The molecule has 0 atom stereocenters. The van der Waals surface area contributed by atoms with Gasteiger partial charge in [-0.05, 0) is 26.2 Å². The maximum absolute atomic E-state index is 4.08. The molecule has 0 radical (unpaired) electrons. The Morgan fingerprint density at radius 1 is 1.21 bits per heavy atom. The first kappa shape index (κ1) is 16.0. The highest BCUT2D eigenvalue weighted by molar-refractivity contribution is 6.94. The smallest absolute Gasteiger partial charge is 0.0998 e. The molecule has 0 heterocycles. The van der Waals surface area contributed by atoms with E-state index in [4.69, 9.17) is 0 Å². The molecule has 0 amide bonds. The van der Waals surface area contributed by atoms with E-state index in [0.717, 1.165) is 6.42 Å². The van der Waals surface area contributed by atoms with Crippen LogP contribution < -0.4 is 5.19 Å². The van der Waals surface area contributed by atoms with Crippen LogP contribution in [0, 0.1) is 0 Å². The molecule has 0 aliphatic carbocycles. The predicted molar refractivity (Wildman–Crippen MR) is 90.6 cm³/mol. The lowest BCUT2D eigenvalue weighted by molar-refractivity contribution is 0.771. The fourth-order valence-corrected chi connectivity index (χ4v) is 4.95. The molecule has 0 bridgehead atoms. The van der Waals surface area contributed by atoms with E-state index in [1.54, 1.807) is 5.57 Å². The number of unbranched alkanes of at least 4 members (excludes halogenated alkanes) is 1. The lowest BCUT2D eigenvalue weighted by Crippen LogP contribution is -2.39. The third-order valence-electron chi connectivity index (χ3n) is 3.46. The summed E-state index contributed by atoms with van der Waals surface area (Å²) in [7, 11) is -1.46. The van der Waals surface area contributed by atoms with E-state index in [-0.39, 0.29) is 0 Å². The molecule has 1 aromatic rings. The van der Waals surface area contributed by atoms with Crippen molar-refractivity contribution in [3.63, 3.8) is 0 Å². The third kappa shape index (κ3) is 5.60. The van der Waals surface area contributed by atoms with Crippen LogP contribution in [0.2, 0.25) is 13.1 Å². The molecule has 0 spiro atoms. The van der Waals surface area contributed by atoms with Gasteiger partial charge in [-0.3, -0.25) is 0 Å². The van der Waals surface area contributed by atoms with Gasteiger partial charge in [0.1, 0.15) is 8.07 Å². The number of benzene rings is 1. The van der Waals surface area contributed by atoms with Crippen LogP contribution in [-0.2, 0) is 0 Å². The van der Waals surface area contributed by atoms with Gasteiger partial charge in [-0.15, -0.1) is 0 Å². The molecule has 104 valence electrons. The van der Waals surface area contributed by atoms with E-state index in [1.807, 2.05) is 0 Å². The van der Waals surface area contributed by atoms with Crippen molar-refractivity contribution in [2.24, 2.45) is 0 Å². The molecule has 1 aromatic carbocycles. The zero-order valence-corrected chi connectivity index (χ0v) is 14.0. The molecule has 0 saturated carbocycles. The second-order valence-corrected chi connectivity index (χ2v) is 10.4. The monoisotopic (exact) mass is 272 g/mol. The van der Waals surface area contributed by atoms with Crippen molar-refractivity contribution < 1.29 is 0 Å². The molecule has 0 aromatic heterocycles. The lowest BCUT2D eigenvalue weighted by Gasteiger charge is -2.21. The van der Waals surface area contributed by atoms with E-state index >= 15 is 0 Å². The Kier molecular flexibility index (Phi) is 6.30. The molecule has 19 heavy (non-hydrogen) atoms. The minimum atomic E-state index is -1.46. The van der Waals surface area contributed by atoms with Crippen LogP contribution in [-0.4, -0.2) is 8.07 Å². The van der Waals surface area contributed by atoms with Crippen molar-refractivity contribution >= 4 is 13.3 Å².